The number of fused-ring (bicyclic) bond motifs is 1. The highest BCUT2D eigenvalue weighted by Crippen LogP contribution is 2.38. The van der Waals surface area contributed by atoms with Gasteiger partial charge in [0, 0.05) is 65.9 Å². The lowest BCUT2D eigenvalue weighted by atomic mass is 10.0. The molecule has 1 aliphatic heterocycles. The molecule has 0 bridgehead atoms. The third kappa shape index (κ3) is 4.43. The summed E-state index contributed by atoms with van der Waals surface area (Å²) in [7, 11) is -4.07. The molecule has 0 radical (unpaired) electrons. The van der Waals surface area contributed by atoms with E-state index in [1.54, 1.807) is 24.7 Å². The lowest BCUT2D eigenvalue weighted by molar-refractivity contribution is 0.103. The Hall–Kier alpha value is -3.77. The van der Waals surface area contributed by atoms with Crippen molar-refractivity contribution < 1.29 is 22.0 Å². The fourth-order valence-corrected chi connectivity index (χ4v) is 6.04. The molecular weight excluding hydrogens is 514 g/mol. The molecule has 1 aromatic carbocycles. The van der Waals surface area contributed by atoms with Crippen molar-refractivity contribution in [2.24, 2.45) is 5.92 Å². The number of carbonyl (C=O) groups is 1. The number of anilines is 1. The van der Waals surface area contributed by atoms with Crippen molar-refractivity contribution in [3.63, 3.8) is 0 Å². The lowest BCUT2D eigenvalue weighted by Crippen LogP contribution is -2.34. The van der Waals surface area contributed by atoms with Crippen LogP contribution in [0.5, 0.6) is 0 Å². The van der Waals surface area contributed by atoms with Crippen LogP contribution in [-0.2, 0) is 10.2 Å². The van der Waals surface area contributed by atoms with Crippen molar-refractivity contribution in [3.8, 4) is 11.1 Å². The van der Waals surface area contributed by atoms with Crippen LogP contribution in [0.3, 0.4) is 0 Å². The molecule has 1 atom stereocenters. The molecule has 0 spiro atoms. The predicted molar refractivity (Wildman–Crippen MR) is 137 cm³/mol. The van der Waals surface area contributed by atoms with Crippen LogP contribution in [0.1, 0.15) is 53.8 Å². The fourth-order valence-electron chi connectivity index (χ4n) is 4.68. The Morgan fingerprint density at radius 3 is 2.50 bits per heavy atom. The maximum absolute atomic E-state index is 15.5. The van der Waals surface area contributed by atoms with Gasteiger partial charge in [0.2, 0.25) is 5.78 Å². The van der Waals surface area contributed by atoms with E-state index in [-0.39, 0.29) is 11.5 Å². The summed E-state index contributed by atoms with van der Waals surface area (Å²) >= 11 is 0. The first-order chi connectivity index (χ1) is 18.2. The number of ketones is 1. The molecule has 196 valence electrons. The summed E-state index contributed by atoms with van der Waals surface area (Å²) in [5.74, 6) is -1.96. The van der Waals surface area contributed by atoms with Crippen molar-refractivity contribution in [2.45, 2.75) is 32.1 Å². The highest BCUT2D eigenvalue weighted by molar-refractivity contribution is 7.90. The number of aromatic nitrogens is 4. The van der Waals surface area contributed by atoms with Gasteiger partial charge in [0.15, 0.2) is 5.82 Å². The van der Waals surface area contributed by atoms with Gasteiger partial charge < -0.3 is 4.98 Å². The number of H-pyrrole nitrogens is 1. The number of halogens is 2. The molecule has 6 rings (SSSR count). The van der Waals surface area contributed by atoms with Crippen LogP contribution in [0.2, 0.25) is 0 Å². The summed E-state index contributed by atoms with van der Waals surface area (Å²) in [6.45, 7) is 2.51. The van der Waals surface area contributed by atoms with E-state index in [1.807, 2.05) is 6.92 Å². The molecule has 3 aromatic heterocycles. The van der Waals surface area contributed by atoms with E-state index >= 15 is 4.39 Å². The van der Waals surface area contributed by atoms with E-state index in [9.17, 15) is 17.6 Å². The zero-order valence-corrected chi connectivity index (χ0v) is 21.2. The minimum atomic E-state index is -4.07. The zero-order chi connectivity index (χ0) is 26.6. The molecule has 1 aliphatic carbocycles. The minimum absolute atomic E-state index is 0.00366. The molecule has 2 aliphatic rings. The van der Waals surface area contributed by atoms with Gasteiger partial charge in [-0.15, -0.1) is 0 Å². The monoisotopic (exact) mass is 538 g/mol. The Kier molecular flexibility index (Phi) is 5.95. The summed E-state index contributed by atoms with van der Waals surface area (Å²) in [6.07, 6.45) is 9.14. The van der Waals surface area contributed by atoms with Crippen molar-refractivity contribution in [1.82, 2.24) is 24.2 Å². The molecule has 38 heavy (non-hydrogen) atoms. The second-order valence-electron chi connectivity index (χ2n) is 9.90. The van der Waals surface area contributed by atoms with E-state index in [2.05, 4.69) is 24.7 Å². The third-order valence-electron chi connectivity index (χ3n) is 7.01. The molecular formula is C26H24F2N6O3S. The Morgan fingerprint density at radius 1 is 1.08 bits per heavy atom. The molecule has 9 nitrogen and oxygen atoms in total. The second kappa shape index (κ2) is 9.21. The first-order valence-electron chi connectivity index (χ1n) is 12.3. The quantitative estimate of drug-likeness (QED) is 0.337. The molecule has 4 heterocycles. The van der Waals surface area contributed by atoms with Gasteiger partial charge in [0.1, 0.15) is 17.3 Å². The average molecular weight is 539 g/mol. The number of pyridine rings is 1. The van der Waals surface area contributed by atoms with Gasteiger partial charge >= 0.3 is 10.2 Å². The van der Waals surface area contributed by atoms with Gasteiger partial charge in [0.05, 0.1) is 11.3 Å². The minimum Gasteiger partial charge on any atom is -0.345 e. The lowest BCUT2D eigenvalue weighted by Gasteiger charge is -2.18. The number of rotatable bonds is 7. The first-order valence-corrected chi connectivity index (χ1v) is 13.8. The molecule has 2 N–H and O–H groups in total. The average Bonchev–Trinajstić information content (AvgIpc) is 3.51. The fraction of sp³-hybridized carbons (Fsp3) is 0.308. The maximum atomic E-state index is 15.5. The summed E-state index contributed by atoms with van der Waals surface area (Å²) in [6, 6.07) is 3.52. The van der Waals surface area contributed by atoms with Gasteiger partial charge in [-0.3, -0.25) is 9.52 Å². The Bertz CT molecular complexity index is 1670. The van der Waals surface area contributed by atoms with E-state index < -0.39 is 38.9 Å². The maximum Gasteiger partial charge on any atom is 0.301 e. The number of benzene rings is 1. The molecule has 12 heteroatoms. The molecule has 1 saturated heterocycles. The Balaban J connectivity index is 1.33. The number of hydrogen-bond acceptors (Lipinski definition) is 6. The second-order valence-corrected chi connectivity index (χ2v) is 11.6. The van der Waals surface area contributed by atoms with Crippen LogP contribution in [0.25, 0.3) is 22.2 Å². The van der Waals surface area contributed by atoms with Gasteiger partial charge in [-0.2, -0.15) is 12.7 Å². The van der Waals surface area contributed by atoms with Crippen LogP contribution in [0.15, 0.2) is 43.0 Å². The smallest absolute Gasteiger partial charge is 0.301 e. The van der Waals surface area contributed by atoms with Crippen molar-refractivity contribution in [3.05, 3.63) is 71.6 Å². The van der Waals surface area contributed by atoms with Crippen molar-refractivity contribution >= 4 is 32.7 Å². The number of nitrogens with one attached hydrogen (secondary N) is 2. The summed E-state index contributed by atoms with van der Waals surface area (Å²) in [5.41, 5.74) is 0.318. The van der Waals surface area contributed by atoms with Crippen LogP contribution in [-0.4, -0.2) is 51.5 Å². The van der Waals surface area contributed by atoms with Crippen LogP contribution < -0.4 is 4.72 Å². The summed E-state index contributed by atoms with van der Waals surface area (Å²) in [4.78, 5) is 29.4. The standard InChI is InChI=1S/C26H24F2N6O3S/c1-14-6-7-34(13-14)38(36,37)33-21-5-4-20(27)22(23(21)28)24(35)19-12-32-26-18(19)8-16(9-31-26)17-10-29-25(30-11-17)15-2-3-15/h4-5,8-12,14-15,33H,2-3,6-7,13H2,1H3,(H,31,32). The highest BCUT2D eigenvalue weighted by atomic mass is 32.2. The van der Waals surface area contributed by atoms with E-state index in [4.69, 9.17) is 0 Å². The van der Waals surface area contributed by atoms with E-state index in [0.717, 1.165) is 30.8 Å². The highest BCUT2D eigenvalue weighted by Gasteiger charge is 2.32. The number of nitrogens with zero attached hydrogens (tertiary/aromatic N) is 4. The van der Waals surface area contributed by atoms with Gasteiger partial charge in [-0.05, 0) is 43.4 Å². The van der Waals surface area contributed by atoms with Gasteiger partial charge in [0.25, 0.3) is 0 Å². The number of aromatic amines is 1. The Labute approximate surface area is 217 Å². The molecule has 1 unspecified atom stereocenters. The summed E-state index contributed by atoms with van der Waals surface area (Å²) < 4.78 is 59.2. The molecule has 0 amide bonds. The SMILES string of the molecule is CC1CCN(S(=O)(=O)Nc2ccc(F)c(C(=O)c3c[nH]c4ncc(-c5cnc(C6CC6)nc5)cc34)c2F)C1. The van der Waals surface area contributed by atoms with Crippen LogP contribution in [0, 0.1) is 17.6 Å². The van der Waals surface area contributed by atoms with Crippen LogP contribution >= 0.6 is 0 Å². The topological polar surface area (TPSA) is 121 Å². The van der Waals surface area contributed by atoms with Gasteiger partial charge in [-0.1, -0.05) is 6.92 Å². The van der Waals surface area contributed by atoms with Crippen molar-refractivity contribution in [2.75, 3.05) is 17.8 Å². The summed E-state index contributed by atoms with van der Waals surface area (Å²) in [5, 5.41) is 0.356. The van der Waals surface area contributed by atoms with Crippen LogP contribution in [0.4, 0.5) is 14.5 Å². The Morgan fingerprint density at radius 2 is 1.82 bits per heavy atom. The van der Waals surface area contributed by atoms with E-state index in [0.29, 0.717) is 47.6 Å². The zero-order valence-electron chi connectivity index (χ0n) is 20.4. The number of hydrogen-bond donors (Lipinski definition) is 2. The first kappa shape index (κ1) is 24.6. The third-order valence-corrected chi connectivity index (χ3v) is 8.50. The molecule has 4 aromatic rings. The largest absolute Gasteiger partial charge is 0.345 e. The molecule has 1 saturated carbocycles. The normalized spacial score (nSPS) is 18.2. The molecule has 2 fully saturated rings. The van der Waals surface area contributed by atoms with E-state index in [1.165, 1.54) is 10.5 Å². The van der Waals surface area contributed by atoms with Gasteiger partial charge in [-0.25, -0.2) is 23.7 Å². The number of carbonyl (C=O) groups excluding carboxylic acids is 1. The van der Waals surface area contributed by atoms with Crippen molar-refractivity contribution in [1.29, 1.82) is 0 Å². The predicted octanol–water partition coefficient (Wildman–Crippen LogP) is 4.41.